The minimum absolute atomic E-state index is 1.32. The Bertz CT molecular complexity index is 342. The standard InChI is InChI=1S/C8H9I.H3NO2S/c1-6-3-4-8(9)5-7(6)2;1-4(2)3/h3-5H,1-2H3;4H,(H2,1,2,3). The zero-order valence-electron chi connectivity index (χ0n) is 7.45. The van der Waals surface area contributed by atoms with Crippen LogP contribution < -0.4 is 5.14 Å². The van der Waals surface area contributed by atoms with Gasteiger partial charge in [-0.2, -0.15) is 0 Å². The van der Waals surface area contributed by atoms with Crippen LogP contribution in [0.25, 0.3) is 0 Å². The molecule has 0 amide bonds. The average molecular weight is 313 g/mol. The zero-order chi connectivity index (χ0) is 10.4. The predicted octanol–water partition coefficient (Wildman–Crippen LogP) is 1.38. The van der Waals surface area contributed by atoms with E-state index in [9.17, 15) is 0 Å². The lowest BCUT2D eigenvalue weighted by Gasteiger charge is -1.97. The van der Waals surface area contributed by atoms with Crippen molar-refractivity contribution in [2.24, 2.45) is 5.14 Å². The Balaban J connectivity index is 0.000000310. The molecule has 13 heavy (non-hydrogen) atoms. The van der Waals surface area contributed by atoms with Gasteiger partial charge in [0.2, 0.25) is 0 Å². The number of nitrogens with two attached hydrogens (primary N) is 1. The van der Waals surface area contributed by atoms with E-state index in [2.05, 4.69) is 59.8 Å². The highest BCUT2D eigenvalue weighted by Crippen LogP contribution is 2.10. The summed E-state index contributed by atoms with van der Waals surface area (Å²) in [7, 11) is -2.62. The van der Waals surface area contributed by atoms with Gasteiger partial charge in [-0.05, 0) is 59.7 Å². The van der Waals surface area contributed by atoms with E-state index in [4.69, 9.17) is 8.42 Å². The van der Waals surface area contributed by atoms with E-state index < -0.39 is 10.9 Å². The molecule has 0 unspecified atom stereocenters. The van der Waals surface area contributed by atoms with Crippen molar-refractivity contribution in [2.75, 3.05) is 0 Å². The van der Waals surface area contributed by atoms with Gasteiger partial charge in [0.1, 0.15) is 0 Å². The molecule has 74 valence electrons. The summed E-state index contributed by atoms with van der Waals surface area (Å²) in [5, 5.41) is 4.06. The summed E-state index contributed by atoms with van der Waals surface area (Å²) in [4.78, 5) is 0. The summed E-state index contributed by atoms with van der Waals surface area (Å²) in [5.41, 5.74) is 2.75. The van der Waals surface area contributed by atoms with E-state index in [0.29, 0.717) is 0 Å². The largest absolute Gasteiger partial charge is 0.231 e. The van der Waals surface area contributed by atoms with Gasteiger partial charge >= 0.3 is 0 Å². The number of rotatable bonds is 0. The van der Waals surface area contributed by atoms with Crippen LogP contribution in [0.3, 0.4) is 0 Å². The van der Waals surface area contributed by atoms with Crippen LogP contribution in [0.15, 0.2) is 18.2 Å². The fraction of sp³-hybridized carbons (Fsp3) is 0.250. The Morgan fingerprint density at radius 1 is 1.23 bits per heavy atom. The van der Waals surface area contributed by atoms with E-state index in [1.165, 1.54) is 14.7 Å². The lowest BCUT2D eigenvalue weighted by molar-refractivity contribution is 0.616. The first-order valence-corrected chi connectivity index (χ1v) is 5.88. The molecule has 3 nitrogen and oxygen atoms in total. The predicted molar refractivity (Wildman–Crippen MR) is 63.1 cm³/mol. The quantitative estimate of drug-likeness (QED) is 0.561. The normalized spacial score (nSPS) is 9.31. The molecule has 0 radical (unpaired) electrons. The highest BCUT2D eigenvalue weighted by molar-refractivity contribution is 14.1. The van der Waals surface area contributed by atoms with Crippen molar-refractivity contribution in [2.45, 2.75) is 13.8 Å². The first-order chi connectivity index (χ1) is 5.93. The van der Waals surface area contributed by atoms with Crippen molar-refractivity contribution in [3.8, 4) is 0 Å². The van der Waals surface area contributed by atoms with Crippen molar-refractivity contribution in [3.05, 3.63) is 32.9 Å². The maximum atomic E-state index is 8.81. The molecular formula is C8H12INO2S. The summed E-state index contributed by atoms with van der Waals surface area (Å²) in [5.74, 6) is 0. The lowest BCUT2D eigenvalue weighted by Crippen LogP contribution is -1.85. The third kappa shape index (κ3) is 6.97. The number of hydrogen-bond acceptors (Lipinski definition) is 2. The number of thiol groups is 1. The van der Waals surface area contributed by atoms with Crippen molar-refractivity contribution in [1.29, 1.82) is 0 Å². The molecule has 2 N–H and O–H groups in total. The number of aryl methyl sites for hydroxylation is 2. The molecule has 1 rings (SSSR count). The van der Waals surface area contributed by atoms with Crippen LogP contribution in [0.4, 0.5) is 0 Å². The summed E-state index contributed by atoms with van der Waals surface area (Å²) in [6.07, 6.45) is 0. The summed E-state index contributed by atoms with van der Waals surface area (Å²) < 4.78 is 18.9. The van der Waals surface area contributed by atoms with Gasteiger partial charge in [0, 0.05) is 3.57 Å². The molecule has 0 aliphatic rings. The molecular weight excluding hydrogens is 301 g/mol. The molecule has 1 aromatic rings. The van der Waals surface area contributed by atoms with Crippen LogP contribution >= 0.6 is 22.6 Å². The fourth-order valence-electron chi connectivity index (χ4n) is 0.705. The summed E-state index contributed by atoms with van der Waals surface area (Å²) in [6, 6.07) is 6.47. The van der Waals surface area contributed by atoms with Crippen molar-refractivity contribution < 1.29 is 8.42 Å². The highest BCUT2D eigenvalue weighted by Gasteiger charge is 1.90. The van der Waals surface area contributed by atoms with E-state index in [1.54, 1.807) is 0 Å². The zero-order valence-corrected chi connectivity index (χ0v) is 10.5. The van der Waals surface area contributed by atoms with Crippen LogP contribution in [0, 0.1) is 17.4 Å². The van der Waals surface area contributed by atoms with E-state index >= 15 is 0 Å². The molecule has 0 fully saturated rings. The molecule has 0 atom stereocenters. The Morgan fingerprint density at radius 2 is 1.69 bits per heavy atom. The first-order valence-electron chi connectivity index (χ1n) is 3.55. The van der Waals surface area contributed by atoms with Crippen LogP contribution in [-0.4, -0.2) is 8.42 Å². The van der Waals surface area contributed by atoms with Gasteiger partial charge in [0.25, 0.3) is 0 Å². The molecule has 0 saturated carbocycles. The van der Waals surface area contributed by atoms with Gasteiger partial charge in [-0.25, -0.2) is 13.6 Å². The maximum absolute atomic E-state index is 8.81. The number of halogens is 1. The molecule has 0 aliphatic carbocycles. The second-order valence-electron chi connectivity index (χ2n) is 2.51. The smallest absolute Gasteiger partial charge is 0.198 e. The molecule has 0 bridgehead atoms. The Kier molecular flexibility index (Phi) is 6.27. The monoisotopic (exact) mass is 313 g/mol. The molecule has 5 heteroatoms. The second-order valence-corrected chi connectivity index (χ2v) is 4.33. The van der Waals surface area contributed by atoms with Crippen molar-refractivity contribution >= 4 is 33.5 Å². The van der Waals surface area contributed by atoms with Crippen molar-refractivity contribution in [1.82, 2.24) is 0 Å². The van der Waals surface area contributed by atoms with E-state index in [-0.39, 0.29) is 0 Å². The Labute approximate surface area is 93.6 Å². The SMILES string of the molecule is Cc1ccc(I)cc1C.N[SH](=O)=O. The summed E-state index contributed by atoms with van der Waals surface area (Å²) >= 11 is 2.32. The minimum Gasteiger partial charge on any atom is -0.231 e. The van der Waals surface area contributed by atoms with E-state index in [1.807, 2.05) is 0 Å². The summed E-state index contributed by atoms with van der Waals surface area (Å²) in [6.45, 7) is 4.27. The van der Waals surface area contributed by atoms with Crippen LogP contribution in [0.1, 0.15) is 11.1 Å². The van der Waals surface area contributed by atoms with Gasteiger partial charge in [0.15, 0.2) is 10.9 Å². The maximum Gasteiger partial charge on any atom is 0.198 e. The van der Waals surface area contributed by atoms with Gasteiger partial charge in [0.05, 0.1) is 0 Å². The van der Waals surface area contributed by atoms with Gasteiger partial charge in [-0.3, -0.25) is 0 Å². The minimum atomic E-state index is -2.62. The topological polar surface area (TPSA) is 60.2 Å². The van der Waals surface area contributed by atoms with Gasteiger partial charge in [-0.15, -0.1) is 0 Å². The molecule has 0 aromatic heterocycles. The number of hydrogen-bond donors (Lipinski definition) is 2. The molecule has 1 aromatic carbocycles. The molecule has 0 aliphatic heterocycles. The number of benzene rings is 1. The van der Waals surface area contributed by atoms with Crippen LogP contribution in [0.5, 0.6) is 0 Å². The third-order valence-electron chi connectivity index (χ3n) is 1.47. The third-order valence-corrected chi connectivity index (χ3v) is 2.14. The van der Waals surface area contributed by atoms with Gasteiger partial charge < -0.3 is 0 Å². The fourth-order valence-corrected chi connectivity index (χ4v) is 1.35. The molecule has 0 heterocycles. The van der Waals surface area contributed by atoms with E-state index in [0.717, 1.165) is 0 Å². The van der Waals surface area contributed by atoms with Crippen LogP contribution in [0.2, 0.25) is 0 Å². The van der Waals surface area contributed by atoms with Crippen molar-refractivity contribution in [3.63, 3.8) is 0 Å². The average Bonchev–Trinajstić information content (AvgIpc) is 1.96. The Hall–Kier alpha value is -0.140. The van der Waals surface area contributed by atoms with Gasteiger partial charge in [-0.1, -0.05) is 6.07 Å². The van der Waals surface area contributed by atoms with Crippen LogP contribution in [-0.2, 0) is 10.9 Å². The highest BCUT2D eigenvalue weighted by atomic mass is 127. The second kappa shape index (κ2) is 6.33. The lowest BCUT2D eigenvalue weighted by atomic mass is 10.1. The Morgan fingerprint density at radius 3 is 2.00 bits per heavy atom. The first kappa shape index (κ1) is 12.9. The molecule has 0 saturated heterocycles. The molecule has 0 spiro atoms.